The van der Waals surface area contributed by atoms with Gasteiger partial charge in [0.05, 0.1) is 6.61 Å². The van der Waals surface area contributed by atoms with Crippen LogP contribution in [0, 0.1) is 0 Å². The summed E-state index contributed by atoms with van der Waals surface area (Å²) in [5.74, 6) is 0. The van der Waals surface area contributed by atoms with Crippen molar-refractivity contribution >= 4 is 6.03 Å². The lowest BCUT2D eigenvalue weighted by Gasteiger charge is -2.15. The molecule has 0 unspecified atom stereocenters. The summed E-state index contributed by atoms with van der Waals surface area (Å²) in [5, 5.41) is 33.6. The molecule has 70 valence electrons. The summed E-state index contributed by atoms with van der Waals surface area (Å²) in [5.41, 5.74) is 0. The molecule has 0 aliphatic rings. The topological polar surface area (TPSA) is 104 Å². The lowest BCUT2D eigenvalue weighted by atomic mass is 10.6. The Labute approximate surface area is 68.3 Å². The van der Waals surface area contributed by atoms with Crippen molar-refractivity contribution in [1.82, 2.24) is 10.1 Å². The van der Waals surface area contributed by atoms with Crippen LogP contribution in [0.25, 0.3) is 0 Å². The summed E-state index contributed by atoms with van der Waals surface area (Å²) in [6.45, 7) is -1.28. The van der Waals surface area contributed by atoms with Crippen molar-refractivity contribution in [1.29, 1.82) is 0 Å². The molecule has 7 heteroatoms. The number of amides is 2. The van der Waals surface area contributed by atoms with E-state index < -0.39 is 12.8 Å². The highest BCUT2D eigenvalue weighted by atomic mass is 16.6. The predicted octanol–water partition coefficient (Wildman–Crippen LogP) is -1.06. The minimum Gasteiger partial charge on any atom is -0.392 e. The summed E-state index contributed by atoms with van der Waals surface area (Å²) < 4.78 is 0. The van der Waals surface area contributed by atoms with Crippen LogP contribution in [0.3, 0.4) is 0 Å². The molecule has 0 saturated heterocycles. The third kappa shape index (κ3) is 3.30. The highest BCUT2D eigenvalue weighted by Gasteiger charge is 2.13. The summed E-state index contributed by atoms with van der Waals surface area (Å²) in [6, 6.07) is -1.22. The van der Waals surface area contributed by atoms with Crippen molar-refractivity contribution in [3.05, 3.63) is 12.3 Å². The molecule has 0 fully saturated rings. The lowest BCUT2D eigenvalue weighted by molar-refractivity contribution is -0.132. The minimum absolute atomic E-state index is 0.0203. The Balaban J connectivity index is 4.00. The summed E-state index contributed by atoms with van der Waals surface area (Å²) >= 11 is 0. The fourth-order valence-electron chi connectivity index (χ4n) is 0.390. The molecule has 12 heavy (non-hydrogen) atoms. The van der Waals surface area contributed by atoms with E-state index in [-0.39, 0.29) is 16.7 Å². The second-order valence-corrected chi connectivity index (χ2v) is 1.74. The Kier molecular flexibility index (Phi) is 4.97. The Morgan fingerprint density at radius 1 is 1.33 bits per heavy atom. The molecular weight excluding hydrogens is 168 g/mol. The van der Waals surface area contributed by atoms with Crippen LogP contribution < -0.4 is 0 Å². The van der Waals surface area contributed by atoms with E-state index in [1.165, 1.54) is 0 Å². The zero-order valence-electron chi connectivity index (χ0n) is 6.16. The zero-order valence-corrected chi connectivity index (χ0v) is 6.16. The van der Waals surface area contributed by atoms with Gasteiger partial charge >= 0.3 is 6.03 Å². The van der Waals surface area contributed by atoms with Crippen molar-refractivity contribution in [3.63, 3.8) is 0 Å². The summed E-state index contributed by atoms with van der Waals surface area (Å²) in [6.07, 6.45) is 1.91. The molecule has 4 N–H and O–H groups in total. The van der Waals surface area contributed by atoms with Gasteiger partial charge in [-0.05, 0) is 6.08 Å². The van der Waals surface area contributed by atoms with Gasteiger partial charge < -0.3 is 10.2 Å². The van der Waals surface area contributed by atoms with E-state index >= 15 is 0 Å². The SMILES string of the molecule is O=C(N(O)C=CCO)N(O)CO. The summed E-state index contributed by atoms with van der Waals surface area (Å²) in [4.78, 5) is 10.6. The molecule has 2 amide bonds. The van der Waals surface area contributed by atoms with E-state index in [0.29, 0.717) is 0 Å². The monoisotopic (exact) mass is 178 g/mol. The number of rotatable bonds is 3. The van der Waals surface area contributed by atoms with Gasteiger partial charge in [-0.15, -0.1) is 0 Å². The predicted molar refractivity (Wildman–Crippen MR) is 36.0 cm³/mol. The van der Waals surface area contributed by atoms with E-state index in [4.69, 9.17) is 20.6 Å². The van der Waals surface area contributed by atoms with E-state index in [9.17, 15) is 4.79 Å². The number of aliphatic hydroxyl groups excluding tert-OH is 2. The number of hydrogen-bond donors (Lipinski definition) is 4. The van der Waals surface area contributed by atoms with Crippen LogP contribution >= 0.6 is 0 Å². The van der Waals surface area contributed by atoms with E-state index in [1.807, 2.05) is 0 Å². The molecule has 0 aliphatic heterocycles. The first-order chi connectivity index (χ1) is 5.63. The van der Waals surface area contributed by atoms with Gasteiger partial charge in [-0.1, -0.05) is 0 Å². The van der Waals surface area contributed by atoms with Gasteiger partial charge in [0.25, 0.3) is 0 Å². The molecule has 0 aromatic heterocycles. The number of hydroxylamine groups is 4. The molecule has 0 aliphatic carbocycles. The standard InChI is InChI=1S/C5H10N2O5/c8-3-1-2-6(11)5(10)7(12)4-9/h1-2,8-9,11-12H,3-4H2. The minimum atomic E-state index is -1.22. The van der Waals surface area contributed by atoms with Crippen molar-refractivity contribution in [2.24, 2.45) is 0 Å². The van der Waals surface area contributed by atoms with Crippen molar-refractivity contribution < 1.29 is 25.4 Å². The second-order valence-electron chi connectivity index (χ2n) is 1.74. The highest BCUT2D eigenvalue weighted by Crippen LogP contribution is 1.92. The second kappa shape index (κ2) is 5.49. The van der Waals surface area contributed by atoms with Crippen molar-refractivity contribution in [2.75, 3.05) is 13.3 Å². The molecule has 0 spiro atoms. The van der Waals surface area contributed by atoms with Crippen LogP contribution in [0.4, 0.5) is 4.79 Å². The molecule has 0 aromatic carbocycles. The zero-order chi connectivity index (χ0) is 9.56. The Hall–Kier alpha value is -1.15. The fourth-order valence-corrected chi connectivity index (χ4v) is 0.390. The number of aliphatic hydroxyl groups is 2. The normalized spacial score (nSPS) is 10.3. The fraction of sp³-hybridized carbons (Fsp3) is 0.400. The average molecular weight is 178 g/mol. The van der Waals surface area contributed by atoms with Crippen molar-refractivity contribution in [3.8, 4) is 0 Å². The highest BCUT2D eigenvalue weighted by molar-refractivity contribution is 5.72. The third-order valence-corrected chi connectivity index (χ3v) is 0.903. The summed E-state index contributed by atoms with van der Waals surface area (Å²) in [7, 11) is 0. The largest absolute Gasteiger partial charge is 0.392 e. The van der Waals surface area contributed by atoms with Crippen molar-refractivity contribution in [2.45, 2.75) is 0 Å². The van der Waals surface area contributed by atoms with Gasteiger partial charge in [0.1, 0.15) is 6.73 Å². The van der Waals surface area contributed by atoms with Gasteiger partial charge in [0, 0.05) is 6.20 Å². The molecule has 0 radical (unpaired) electrons. The molecule has 0 aromatic rings. The maximum Gasteiger partial charge on any atom is 0.373 e. The van der Waals surface area contributed by atoms with Crippen LogP contribution in [0.2, 0.25) is 0 Å². The maximum atomic E-state index is 10.6. The third-order valence-electron chi connectivity index (χ3n) is 0.903. The quantitative estimate of drug-likeness (QED) is 0.250. The smallest absolute Gasteiger partial charge is 0.373 e. The van der Waals surface area contributed by atoms with Crippen LogP contribution in [0.15, 0.2) is 12.3 Å². The first-order valence-corrected chi connectivity index (χ1v) is 3.00. The molecule has 0 bridgehead atoms. The average Bonchev–Trinajstić information content (AvgIpc) is 2.11. The van der Waals surface area contributed by atoms with Crippen LogP contribution in [-0.4, -0.2) is 50.1 Å². The van der Waals surface area contributed by atoms with Gasteiger partial charge in [-0.3, -0.25) is 10.4 Å². The first-order valence-electron chi connectivity index (χ1n) is 3.00. The van der Waals surface area contributed by atoms with Gasteiger partial charge in [0.15, 0.2) is 0 Å². The Morgan fingerprint density at radius 3 is 2.33 bits per heavy atom. The van der Waals surface area contributed by atoms with E-state index in [0.717, 1.165) is 12.3 Å². The van der Waals surface area contributed by atoms with Crippen LogP contribution in [-0.2, 0) is 0 Å². The first kappa shape index (κ1) is 10.8. The molecule has 0 rings (SSSR count). The Bertz CT molecular complexity index is 171. The number of carbonyl (C=O) groups is 1. The molecule has 0 heterocycles. The molecule has 7 nitrogen and oxygen atoms in total. The number of carbonyl (C=O) groups excluding carboxylic acids is 1. The molecule has 0 atom stereocenters. The number of nitrogens with zero attached hydrogens (tertiary/aromatic N) is 2. The van der Waals surface area contributed by atoms with Gasteiger partial charge in [-0.25, -0.2) is 4.79 Å². The Morgan fingerprint density at radius 2 is 1.92 bits per heavy atom. The number of urea groups is 1. The number of hydrogen-bond acceptors (Lipinski definition) is 5. The van der Waals surface area contributed by atoms with E-state index in [1.54, 1.807) is 0 Å². The van der Waals surface area contributed by atoms with Gasteiger partial charge in [0.2, 0.25) is 0 Å². The van der Waals surface area contributed by atoms with Crippen LogP contribution in [0.1, 0.15) is 0 Å². The van der Waals surface area contributed by atoms with Crippen LogP contribution in [0.5, 0.6) is 0 Å². The molecule has 0 saturated carbocycles. The lowest BCUT2D eigenvalue weighted by Crippen LogP contribution is -2.37. The molecular formula is C5H10N2O5. The van der Waals surface area contributed by atoms with Gasteiger partial charge in [-0.2, -0.15) is 10.1 Å². The maximum absolute atomic E-state index is 10.6. The van der Waals surface area contributed by atoms with E-state index in [2.05, 4.69) is 0 Å².